The van der Waals surface area contributed by atoms with Gasteiger partial charge in [-0.3, -0.25) is 9.59 Å². The molecule has 1 aliphatic carbocycles. The molecule has 7 aromatic carbocycles. The first-order valence-corrected chi connectivity index (χ1v) is 30.4. The molecule has 2 heterocycles. The van der Waals surface area contributed by atoms with Crippen molar-refractivity contribution in [1.29, 1.82) is 0 Å². The van der Waals surface area contributed by atoms with E-state index in [1.54, 1.807) is 36.4 Å². The van der Waals surface area contributed by atoms with E-state index in [1.807, 2.05) is 118 Å². The third kappa shape index (κ3) is 13.4. The molecule has 2 unspecified atom stereocenters. The summed E-state index contributed by atoms with van der Waals surface area (Å²) in [4.78, 5) is 64.0. The maximum atomic E-state index is 14.8. The van der Waals surface area contributed by atoms with E-state index in [4.69, 9.17) is 38.1 Å². The Labute approximate surface area is 517 Å². The summed E-state index contributed by atoms with van der Waals surface area (Å²) in [7, 11) is 0. The summed E-state index contributed by atoms with van der Waals surface area (Å²) in [5.74, 6) is 0.347. The van der Waals surface area contributed by atoms with Gasteiger partial charge in [-0.15, -0.1) is 0 Å². The Hall–Kier alpha value is -9.64. The SMILES string of the molecule is CCOc1cccc(OCCOCCOCCOc2cccc(OCC)c2C(=O)c2ccc3c(c2)c2cc(/C(=N/OC(C)=O)C4=CC=CC(C)C4C)ccc2n3CC)c1C(=O)c1ccc2c(c1)c1cc(/C(=N/OC(C)=O)c3ccccc3C)ccc1n2CC. The maximum absolute atomic E-state index is 14.8. The topological polar surface area (TPSA) is 177 Å². The molecule has 16 heteroatoms. The smallest absolute Gasteiger partial charge is 0.332 e. The number of aromatic nitrogens is 2. The molecule has 89 heavy (non-hydrogen) atoms. The zero-order valence-corrected chi connectivity index (χ0v) is 51.8. The van der Waals surface area contributed by atoms with Crippen LogP contribution in [-0.2, 0) is 41.8 Å². The molecule has 2 atom stereocenters. The number of allylic oxidation sites excluding steroid dienone is 4. The average Bonchev–Trinajstić information content (AvgIpc) is 1.74. The number of carbonyl (C=O) groups excluding carboxylic acids is 4. The van der Waals surface area contributed by atoms with E-state index < -0.39 is 11.9 Å². The number of nitrogens with zero attached hydrogens (tertiary/aromatic N) is 4. The molecular weight excluding hydrogens is 1120 g/mol. The van der Waals surface area contributed by atoms with E-state index in [0.29, 0.717) is 83.0 Å². The van der Waals surface area contributed by atoms with Crippen molar-refractivity contribution < 1.29 is 57.3 Å². The second kappa shape index (κ2) is 28.5. The molecule has 0 saturated carbocycles. The van der Waals surface area contributed by atoms with Crippen molar-refractivity contribution in [3.8, 4) is 23.0 Å². The second-order valence-corrected chi connectivity index (χ2v) is 21.6. The molecule has 2 aromatic heterocycles. The van der Waals surface area contributed by atoms with Gasteiger partial charge in [-0.05, 0) is 143 Å². The molecule has 0 amide bonds. The van der Waals surface area contributed by atoms with Gasteiger partial charge in [0.15, 0.2) is 0 Å². The van der Waals surface area contributed by atoms with E-state index in [-0.39, 0.29) is 63.0 Å². The number of hydrogen-bond acceptors (Lipinski definition) is 14. The molecule has 0 fully saturated rings. The minimum absolute atomic E-state index is 0.124. The van der Waals surface area contributed by atoms with Gasteiger partial charge in [0.05, 0.1) is 39.6 Å². The standard InChI is InChI=1S/C73H74N4O12/c1-10-76-60-31-27-50(70(74-88-48(8)78)54-21-15-14-19-46(54)6)41-56(60)58-43-52(29-33-62(58)76)72(80)68-64(84-12-3)23-17-25-66(68)86-39-37-82-35-36-83-38-40-87-67-26-18-24-65(85-13-4)69(67)73(81)53-30-34-63-59(44-53)57-42-51(28-32-61(57)77(63)11-2)71(75-89-49(9)79)55-22-16-20-45(5)47(55)7/h14-34,41-45,47H,10-13,35-40H2,1-9H3/b74-70-,75-71-. The van der Waals surface area contributed by atoms with Gasteiger partial charge in [-0.25, -0.2) is 9.59 Å². The highest BCUT2D eigenvalue weighted by Gasteiger charge is 2.27. The van der Waals surface area contributed by atoms with Crippen molar-refractivity contribution in [2.75, 3.05) is 52.9 Å². The third-order valence-electron chi connectivity index (χ3n) is 16.0. The van der Waals surface area contributed by atoms with Gasteiger partial charge in [0.25, 0.3) is 0 Å². The van der Waals surface area contributed by atoms with E-state index >= 15 is 0 Å². The zero-order chi connectivity index (χ0) is 62.7. The Bertz CT molecular complexity index is 4280. The number of benzene rings is 7. The van der Waals surface area contributed by atoms with Gasteiger partial charge in [0.2, 0.25) is 11.6 Å². The number of rotatable bonds is 27. The minimum Gasteiger partial charge on any atom is -0.493 e. The minimum atomic E-state index is -0.526. The molecule has 10 rings (SSSR count). The van der Waals surface area contributed by atoms with Crippen molar-refractivity contribution in [3.63, 3.8) is 0 Å². The Morgan fingerprint density at radius 3 is 1.31 bits per heavy atom. The lowest BCUT2D eigenvalue weighted by atomic mass is 9.81. The highest BCUT2D eigenvalue weighted by molar-refractivity contribution is 6.21. The Morgan fingerprint density at radius 2 is 0.876 bits per heavy atom. The van der Waals surface area contributed by atoms with Crippen LogP contribution in [0.5, 0.6) is 23.0 Å². The fourth-order valence-electron chi connectivity index (χ4n) is 11.6. The van der Waals surface area contributed by atoms with Crippen LogP contribution in [0.1, 0.15) is 109 Å². The molecular formula is C73H74N4O12. The first-order chi connectivity index (χ1) is 43.2. The van der Waals surface area contributed by atoms with Crippen LogP contribution in [0.3, 0.4) is 0 Å². The van der Waals surface area contributed by atoms with Crippen molar-refractivity contribution in [1.82, 2.24) is 9.13 Å². The van der Waals surface area contributed by atoms with Crippen LogP contribution < -0.4 is 18.9 Å². The molecule has 0 saturated heterocycles. The molecule has 0 bridgehead atoms. The van der Waals surface area contributed by atoms with Crippen LogP contribution in [0, 0.1) is 18.8 Å². The predicted molar refractivity (Wildman–Crippen MR) is 347 cm³/mol. The molecule has 16 nitrogen and oxygen atoms in total. The first kappa shape index (κ1) is 62.4. The van der Waals surface area contributed by atoms with Gasteiger partial charge >= 0.3 is 11.9 Å². The molecule has 0 spiro atoms. The van der Waals surface area contributed by atoms with Gasteiger partial charge in [-0.2, -0.15) is 0 Å². The highest BCUT2D eigenvalue weighted by atomic mass is 16.7. The van der Waals surface area contributed by atoms with Gasteiger partial charge in [-0.1, -0.05) is 90.9 Å². The Morgan fingerprint density at radius 1 is 0.472 bits per heavy atom. The third-order valence-corrected chi connectivity index (χ3v) is 16.0. The summed E-state index contributed by atoms with van der Waals surface area (Å²) in [5, 5.41) is 12.3. The Kier molecular flexibility index (Phi) is 20.0. The lowest BCUT2D eigenvalue weighted by molar-refractivity contribution is -0.141. The number of carbonyl (C=O) groups is 4. The summed E-state index contributed by atoms with van der Waals surface area (Å²) >= 11 is 0. The zero-order valence-electron chi connectivity index (χ0n) is 51.8. The van der Waals surface area contributed by atoms with Crippen molar-refractivity contribution in [2.24, 2.45) is 22.1 Å². The second-order valence-electron chi connectivity index (χ2n) is 21.6. The largest absolute Gasteiger partial charge is 0.493 e. The van der Waals surface area contributed by atoms with Crippen molar-refractivity contribution >= 4 is 78.5 Å². The fourth-order valence-corrected chi connectivity index (χ4v) is 11.6. The fraction of sp³-hybridized carbons (Fsp3) is 0.288. The van der Waals surface area contributed by atoms with E-state index in [0.717, 1.165) is 71.4 Å². The maximum Gasteiger partial charge on any atom is 0.332 e. The number of ether oxygens (including phenoxy) is 6. The number of ketones is 2. The summed E-state index contributed by atoms with van der Waals surface area (Å²) in [6, 6.07) is 42.0. The van der Waals surface area contributed by atoms with Gasteiger partial charge in [0, 0.05) is 98.4 Å². The number of oxime groups is 2. The molecule has 0 N–H and O–H groups in total. The van der Waals surface area contributed by atoms with Crippen molar-refractivity contribution in [2.45, 2.75) is 75.4 Å². The van der Waals surface area contributed by atoms with Gasteiger partial charge < -0.3 is 47.2 Å². The average molecular weight is 1200 g/mol. The molecule has 0 radical (unpaired) electrons. The lowest BCUT2D eigenvalue weighted by Gasteiger charge is -2.24. The molecule has 0 aliphatic heterocycles. The molecule has 458 valence electrons. The summed E-state index contributed by atoms with van der Waals surface area (Å²) in [6.45, 7) is 20.1. The summed E-state index contributed by atoms with van der Waals surface area (Å²) in [5.41, 5.74) is 10.8. The highest BCUT2D eigenvalue weighted by Crippen LogP contribution is 2.39. The number of aryl methyl sites for hydroxylation is 3. The molecule has 1 aliphatic rings. The summed E-state index contributed by atoms with van der Waals surface area (Å²) < 4.78 is 40.9. The van der Waals surface area contributed by atoms with E-state index in [9.17, 15) is 19.2 Å². The van der Waals surface area contributed by atoms with E-state index in [1.165, 1.54) is 13.8 Å². The van der Waals surface area contributed by atoms with Crippen LogP contribution in [0.4, 0.5) is 0 Å². The van der Waals surface area contributed by atoms with E-state index in [2.05, 4.69) is 65.3 Å². The van der Waals surface area contributed by atoms with Crippen molar-refractivity contribution in [3.05, 3.63) is 202 Å². The predicted octanol–water partition coefficient (Wildman–Crippen LogP) is 14.4. The normalized spacial score (nSPS) is 14.3. The van der Waals surface area contributed by atoms with Crippen LogP contribution in [0.25, 0.3) is 43.6 Å². The first-order valence-electron chi connectivity index (χ1n) is 30.4. The van der Waals surface area contributed by atoms with Gasteiger partial charge in [0.1, 0.15) is 58.8 Å². The van der Waals surface area contributed by atoms with Crippen LogP contribution >= 0.6 is 0 Å². The Balaban J connectivity index is 0.786. The quantitative estimate of drug-likeness (QED) is 0.0157. The summed E-state index contributed by atoms with van der Waals surface area (Å²) in [6.07, 6.45) is 6.19. The monoisotopic (exact) mass is 1200 g/mol. The lowest BCUT2D eigenvalue weighted by Crippen LogP contribution is -2.20. The van der Waals surface area contributed by atoms with Crippen LogP contribution in [-0.4, -0.2) is 96.9 Å². The number of fused-ring (bicyclic) bond motifs is 6. The number of hydrogen-bond donors (Lipinski definition) is 0. The van der Waals surface area contributed by atoms with Crippen LogP contribution in [0.2, 0.25) is 0 Å². The molecule has 9 aromatic rings. The van der Waals surface area contributed by atoms with Crippen LogP contribution in [0.15, 0.2) is 168 Å².